The lowest BCUT2D eigenvalue weighted by molar-refractivity contribution is 0.0596. The Morgan fingerprint density at radius 1 is 1.25 bits per heavy atom. The zero-order chi connectivity index (χ0) is 20.4. The first-order chi connectivity index (χ1) is 13.3. The number of aromatic nitrogens is 2. The number of esters is 1. The Kier molecular flexibility index (Phi) is 5.30. The number of nitrogens with zero attached hydrogens (tertiary/aromatic N) is 2. The molecule has 0 aliphatic heterocycles. The second kappa shape index (κ2) is 7.67. The molecule has 7 nitrogen and oxygen atoms in total. The fourth-order valence-electron chi connectivity index (χ4n) is 2.66. The van der Waals surface area contributed by atoms with Crippen LogP contribution in [0.5, 0.6) is 0 Å². The Labute approximate surface area is 156 Å². The van der Waals surface area contributed by atoms with Gasteiger partial charge in [-0.2, -0.15) is 0 Å². The summed E-state index contributed by atoms with van der Waals surface area (Å²) in [6.07, 6.45) is -1.85. The molecule has 0 spiro atoms. The number of hydrogen-bond donors (Lipinski definition) is 1. The van der Waals surface area contributed by atoms with Crippen LogP contribution in [0.4, 0.5) is 19.0 Å². The number of benzene rings is 1. The van der Waals surface area contributed by atoms with E-state index in [-0.39, 0.29) is 28.0 Å². The molecule has 10 heteroatoms. The first-order valence-corrected chi connectivity index (χ1v) is 8.03. The number of halogens is 3. The van der Waals surface area contributed by atoms with Gasteiger partial charge in [-0.15, -0.1) is 0 Å². The van der Waals surface area contributed by atoms with Crippen molar-refractivity contribution in [2.45, 2.75) is 19.4 Å². The number of carbonyl (C=O) groups excluding carboxylic acids is 1. The van der Waals surface area contributed by atoms with Gasteiger partial charge in [-0.3, -0.25) is 0 Å². The second-order valence-corrected chi connectivity index (χ2v) is 5.80. The molecule has 3 aromatic rings. The van der Waals surface area contributed by atoms with Crippen LogP contribution in [-0.4, -0.2) is 23.0 Å². The van der Waals surface area contributed by atoms with Crippen molar-refractivity contribution in [1.29, 1.82) is 0 Å². The van der Waals surface area contributed by atoms with Crippen LogP contribution in [0.15, 0.2) is 39.8 Å². The van der Waals surface area contributed by atoms with Crippen LogP contribution in [0.3, 0.4) is 0 Å². The minimum atomic E-state index is -2.95. The van der Waals surface area contributed by atoms with Crippen molar-refractivity contribution in [3.63, 3.8) is 0 Å². The fourth-order valence-corrected chi connectivity index (χ4v) is 2.66. The largest absolute Gasteiger partial charge is 0.465 e. The standard InChI is InChI=1S/C18H14F3N3O4/c1-8(9-4-3-5-10(13(9)19)14(20)21)24-15-11-6-12(17(25)27-2)18(26)28-16(11)23-7-22-15/h3-8,14H,1-2H3,(H,22,23,24)/t8-/m1/s1. The van der Waals surface area contributed by atoms with Gasteiger partial charge in [-0.25, -0.2) is 32.7 Å². The summed E-state index contributed by atoms with van der Waals surface area (Å²) < 4.78 is 49.8. The third-order valence-electron chi connectivity index (χ3n) is 4.06. The molecule has 1 atom stereocenters. The van der Waals surface area contributed by atoms with Gasteiger partial charge in [-0.05, 0) is 13.0 Å². The second-order valence-electron chi connectivity index (χ2n) is 5.80. The maximum Gasteiger partial charge on any atom is 0.352 e. The summed E-state index contributed by atoms with van der Waals surface area (Å²) >= 11 is 0. The van der Waals surface area contributed by atoms with Crippen LogP contribution in [0.2, 0.25) is 0 Å². The first-order valence-electron chi connectivity index (χ1n) is 8.03. The lowest BCUT2D eigenvalue weighted by Crippen LogP contribution is -2.16. The third-order valence-corrected chi connectivity index (χ3v) is 4.06. The molecular formula is C18H14F3N3O4. The van der Waals surface area contributed by atoms with Crippen molar-refractivity contribution in [1.82, 2.24) is 9.97 Å². The molecule has 0 bridgehead atoms. The number of nitrogens with one attached hydrogen (secondary N) is 1. The Morgan fingerprint density at radius 2 is 1.96 bits per heavy atom. The number of anilines is 1. The molecule has 0 fully saturated rings. The first kappa shape index (κ1) is 19.3. The molecule has 2 aromatic heterocycles. The number of carbonyl (C=O) groups is 1. The Balaban J connectivity index is 2.04. The molecule has 0 amide bonds. The Morgan fingerprint density at radius 3 is 2.64 bits per heavy atom. The molecule has 1 aromatic carbocycles. The lowest BCUT2D eigenvalue weighted by Gasteiger charge is -2.18. The van der Waals surface area contributed by atoms with Crippen LogP contribution in [0.25, 0.3) is 11.1 Å². The van der Waals surface area contributed by atoms with E-state index in [0.717, 1.165) is 19.5 Å². The topological polar surface area (TPSA) is 94.3 Å². The van der Waals surface area contributed by atoms with E-state index in [0.29, 0.717) is 0 Å². The van der Waals surface area contributed by atoms with Gasteiger partial charge in [-0.1, -0.05) is 18.2 Å². The average Bonchev–Trinajstić information content (AvgIpc) is 2.66. The molecule has 0 aliphatic carbocycles. The van der Waals surface area contributed by atoms with E-state index in [1.54, 1.807) is 6.92 Å². The van der Waals surface area contributed by atoms with Crippen molar-refractivity contribution < 1.29 is 27.1 Å². The van der Waals surface area contributed by atoms with Crippen LogP contribution >= 0.6 is 0 Å². The molecule has 0 saturated carbocycles. The van der Waals surface area contributed by atoms with Gasteiger partial charge in [0.1, 0.15) is 23.5 Å². The Hall–Kier alpha value is -3.43. The summed E-state index contributed by atoms with van der Waals surface area (Å²) in [5.41, 5.74) is -2.13. The van der Waals surface area contributed by atoms with Crippen molar-refractivity contribution >= 4 is 22.9 Å². The molecule has 0 unspecified atom stereocenters. The molecule has 146 valence electrons. The van der Waals surface area contributed by atoms with E-state index in [2.05, 4.69) is 20.0 Å². The van der Waals surface area contributed by atoms with Crippen LogP contribution in [-0.2, 0) is 4.74 Å². The predicted octanol–water partition coefficient (Wildman–Crippen LogP) is 3.62. The highest BCUT2D eigenvalue weighted by molar-refractivity contribution is 5.95. The summed E-state index contributed by atoms with van der Waals surface area (Å²) in [7, 11) is 1.10. The summed E-state index contributed by atoms with van der Waals surface area (Å²) in [4.78, 5) is 31.4. The van der Waals surface area contributed by atoms with Crippen molar-refractivity contribution in [3.8, 4) is 0 Å². The minimum Gasteiger partial charge on any atom is -0.465 e. The number of alkyl halides is 2. The number of methoxy groups -OCH3 is 1. The molecule has 0 radical (unpaired) electrons. The highest BCUT2D eigenvalue weighted by Gasteiger charge is 2.21. The number of ether oxygens (including phenoxy) is 1. The summed E-state index contributed by atoms with van der Waals surface area (Å²) in [6.45, 7) is 1.54. The quantitative estimate of drug-likeness (QED) is 0.662. The molecule has 0 saturated heterocycles. The molecular weight excluding hydrogens is 379 g/mol. The SMILES string of the molecule is COC(=O)c1cc2c(N[C@H](C)c3cccc(C(F)F)c3F)ncnc2oc1=O. The summed E-state index contributed by atoms with van der Waals surface area (Å²) in [5.74, 6) is -1.82. The van der Waals surface area contributed by atoms with Gasteiger partial charge >= 0.3 is 11.6 Å². The highest BCUT2D eigenvalue weighted by Crippen LogP contribution is 2.30. The number of rotatable bonds is 5. The monoisotopic (exact) mass is 393 g/mol. The van der Waals surface area contributed by atoms with Crippen LogP contribution in [0.1, 0.15) is 40.9 Å². The van der Waals surface area contributed by atoms with Crippen LogP contribution < -0.4 is 10.9 Å². The molecule has 3 rings (SSSR count). The number of fused-ring (bicyclic) bond motifs is 1. The van der Waals surface area contributed by atoms with Crippen molar-refractivity contribution in [2.24, 2.45) is 0 Å². The minimum absolute atomic E-state index is 0.00450. The zero-order valence-corrected chi connectivity index (χ0v) is 14.7. The van der Waals surface area contributed by atoms with Gasteiger partial charge in [0.05, 0.1) is 24.1 Å². The molecule has 0 aliphatic rings. The highest BCUT2D eigenvalue weighted by atomic mass is 19.3. The summed E-state index contributed by atoms with van der Waals surface area (Å²) in [5, 5.41) is 3.03. The van der Waals surface area contributed by atoms with Gasteiger partial charge < -0.3 is 14.5 Å². The molecule has 28 heavy (non-hydrogen) atoms. The third kappa shape index (κ3) is 3.53. The lowest BCUT2D eigenvalue weighted by atomic mass is 10.0. The van der Waals surface area contributed by atoms with E-state index in [4.69, 9.17) is 4.42 Å². The van der Waals surface area contributed by atoms with Crippen LogP contribution in [0, 0.1) is 5.82 Å². The number of hydrogen-bond acceptors (Lipinski definition) is 7. The van der Waals surface area contributed by atoms with Gasteiger partial charge in [0.2, 0.25) is 5.71 Å². The van der Waals surface area contributed by atoms with Crippen molar-refractivity contribution in [3.05, 3.63) is 63.5 Å². The van der Waals surface area contributed by atoms with E-state index < -0.39 is 35.4 Å². The zero-order valence-electron chi connectivity index (χ0n) is 14.7. The molecule has 2 heterocycles. The van der Waals surface area contributed by atoms with Crippen molar-refractivity contribution in [2.75, 3.05) is 12.4 Å². The van der Waals surface area contributed by atoms with Gasteiger partial charge in [0.15, 0.2) is 0 Å². The normalized spacial score (nSPS) is 12.2. The summed E-state index contributed by atoms with van der Waals surface area (Å²) in [6, 6.07) is 4.11. The smallest absolute Gasteiger partial charge is 0.352 e. The maximum absolute atomic E-state index is 14.4. The Bertz CT molecular complexity index is 1100. The van der Waals surface area contributed by atoms with E-state index >= 15 is 0 Å². The van der Waals surface area contributed by atoms with E-state index in [9.17, 15) is 22.8 Å². The van der Waals surface area contributed by atoms with Gasteiger partial charge in [0, 0.05) is 5.56 Å². The average molecular weight is 393 g/mol. The molecule has 1 N–H and O–H groups in total. The van der Waals surface area contributed by atoms with E-state index in [1.165, 1.54) is 18.2 Å². The maximum atomic E-state index is 14.4. The van der Waals surface area contributed by atoms with E-state index in [1.807, 2.05) is 0 Å². The van der Waals surface area contributed by atoms with Gasteiger partial charge in [0.25, 0.3) is 6.43 Å². The predicted molar refractivity (Wildman–Crippen MR) is 92.8 cm³/mol. The fraction of sp³-hybridized carbons (Fsp3) is 0.222.